The van der Waals surface area contributed by atoms with Crippen molar-refractivity contribution >= 4 is 0 Å². The van der Waals surface area contributed by atoms with Gasteiger partial charge < -0.3 is 25.2 Å². The molecule has 1 rings (SSSR count). The van der Waals surface area contributed by atoms with Crippen molar-refractivity contribution in [1.29, 1.82) is 0 Å². The van der Waals surface area contributed by atoms with Crippen molar-refractivity contribution in [3.63, 3.8) is 0 Å². The van der Waals surface area contributed by atoms with Crippen LogP contribution in [0.2, 0.25) is 0 Å². The third-order valence-electron chi connectivity index (χ3n) is 1.82. The minimum Gasteiger partial charge on any atom is -0.394 e. The summed E-state index contributed by atoms with van der Waals surface area (Å²) < 4.78 is 4.88. The summed E-state index contributed by atoms with van der Waals surface area (Å²) in [4.78, 5) is 0. The van der Waals surface area contributed by atoms with Crippen LogP contribution in [0.5, 0.6) is 0 Å². The van der Waals surface area contributed by atoms with Crippen LogP contribution in [0.25, 0.3) is 0 Å². The van der Waals surface area contributed by atoms with E-state index in [9.17, 15) is 0 Å². The van der Waals surface area contributed by atoms with Crippen LogP contribution < -0.4 is 0 Å². The molecule has 0 aromatic heterocycles. The predicted octanol–water partition coefficient (Wildman–Crippen LogP) is -2.54. The summed E-state index contributed by atoms with van der Waals surface area (Å²) in [5, 5.41) is 35.4. The van der Waals surface area contributed by atoms with E-state index in [0.717, 1.165) is 0 Å². The summed E-state index contributed by atoms with van der Waals surface area (Å²) in [5.74, 6) is 0. The Balaban J connectivity index is 2.53. The molecule has 0 aromatic carbocycles. The van der Waals surface area contributed by atoms with E-state index in [4.69, 9.17) is 25.2 Å². The van der Waals surface area contributed by atoms with Crippen molar-refractivity contribution in [1.82, 2.24) is 0 Å². The zero-order valence-corrected chi connectivity index (χ0v) is 5.92. The first-order valence-electron chi connectivity index (χ1n) is 3.44. The van der Waals surface area contributed by atoms with Gasteiger partial charge in [0.05, 0.1) is 13.2 Å². The summed E-state index contributed by atoms with van der Waals surface area (Å²) in [6.07, 6.45) is -3.75. The minimum atomic E-state index is -1.10. The van der Waals surface area contributed by atoms with Crippen LogP contribution in [-0.4, -0.2) is 58.1 Å². The monoisotopic (exact) mass is 164 g/mol. The Kier molecular flexibility index (Phi) is 2.80. The number of hydrogen-bond acceptors (Lipinski definition) is 5. The van der Waals surface area contributed by atoms with E-state index >= 15 is 0 Å². The Morgan fingerprint density at radius 2 is 1.27 bits per heavy atom. The quantitative estimate of drug-likeness (QED) is 0.361. The van der Waals surface area contributed by atoms with E-state index in [2.05, 4.69) is 0 Å². The smallest absolute Gasteiger partial charge is 0.111 e. The SMILES string of the molecule is OCC1O[C@H](CO)C(O)[C@@H]1O. The molecular weight excluding hydrogens is 152 g/mol. The molecule has 1 fully saturated rings. The molecule has 11 heavy (non-hydrogen) atoms. The fourth-order valence-corrected chi connectivity index (χ4v) is 1.13. The van der Waals surface area contributed by atoms with Gasteiger partial charge in [0.2, 0.25) is 0 Å². The lowest BCUT2D eigenvalue weighted by atomic mass is 10.1. The van der Waals surface area contributed by atoms with Gasteiger partial charge in [0.1, 0.15) is 24.4 Å². The highest BCUT2D eigenvalue weighted by Gasteiger charge is 2.41. The summed E-state index contributed by atoms with van der Waals surface area (Å²) in [7, 11) is 0. The molecule has 0 saturated carbocycles. The molecule has 0 bridgehead atoms. The van der Waals surface area contributed by atoms with Crippen molar-refractivity contribution in [3.8, 4) is 0 Å². The normalized spacial score (nSPS) is 44.7. The highest BCUT2D eigenvalue weighted by Crippen LogP contribution is 2.20. The average Bonchev–Trinajstić information content (AvgIpc) is 2.30. The second-order valence-electron chi connectivity index (χ2n) is 2.56. The molecule has 2 unspecified atom stereocenters. The van der Waals surface area contributed by atoms with Gasteiger partial charge >= 0.3 is 0 Å². The van der Waals surface area contributed by atoms with Crippen molar-refractivity contribution in [2.75, 3.05) is 13.2 Å². The molecule has 0 radical (unpaired) electrons. The molecule has 0 spiro atoms. The summed E-state index contributed by atoms with van der Waals surface area (Å²) in [6.45, 7) is -0.705. The van der Waals surface area contributed by atoms with Gasteiger partial charge in [-0.2, -0.15) is 0 Å². The molecular formula is C6H12O5. The Bertz CT molecular complexity index is 110. The van der Waals surface area contributed by atoms with Crippen LogP contribution >= 0.6 is 0 Å². The van der Waals surface area contributed by atoms with Gasteiger partial charge in [-0.05, 0) is 0 Å². The van der Waals surface area contributed by atoms with E-state index in [1.165, 1.54) is 0 Å². The molecule has 1 heterocycles. The number of hydrogen-bond donors (Lipinski definition) is 4. The van der Waals surface area contributed by atoms with E-state index in [0.29, 0.717) is 0 Å². The predicted molar refractivity (Wildman–Crippen MR) is 34.8 cm³/mol. The number of ether oxygens (including phenoxy) is 1. The second kappa shape index (κ2) is 3.46. The van der Waals surface area contributed by atoms with Crippen LogP contribution in [0.15, 0.2) is 0 Å². The van der Waals surface area contributed by atoms with Gasteiger partial charge in [0, 0.05) is 0 Å². The van der Waals surface area contributed by atoms with Crippen LogP contribution in [0, 0.1) is 0 Å². The molecule has 0 aromatic rings. The van der Waals surface area contributed by atoms with Gasteiger partial charge in [-0.3, -0.25) is 0 Å². The fraction of sp³-hybridized carbons (Fsp3) is 1.00. The lowest BCUT2D eigenvalue weighted by Crippen LogP contribution is -2.34. The summed E-state index contributed by atoms with van der Waals surface area (Å²) in [6, 6.07) is 0. The first-order valence-corrected chi connectivity index (χ1v) is 3.44. The highest BCUT2D eigenvalue weighted by molar-refractivity contribution is 4.89. The Morgan fingerprint density at radius 1 is 0.909 bits per heavy atom. The largest absolute Gasteiger partial charge is 0.394 e. The van der Waals surface area contributed by atoms with Crippen molar-refractivity contribution in [2.45, 2.75) is 24.4 Å². The maximum atomic E-state index is 9.11. The first-order chi connectivity index (χ1) is 5.20. The molecule has 1 saturated heterocycles. The van der Waals surface area contributed by atoms with E-state index in [1.54, 1.807) is 0 Å². The number of aliphatic hydroxyl groups is 4. The zero-order valence-electron chi connectivity index (χ0n) is 5.92. The number of rotatable bonds is 2. The molecule has 66 valence electrons. The average molecular weight is 164 g/mol. The fourth-order valence-electron chi connectivity index (χ4n) is 1.13. The van der Waals surface area contributed by atoms with Crippen LogP contribution in [-0.2, 0) is 4.74 Å². The second-order valence-corrected chi connectivity index (χ2v) is 2.56. The molecule has 5 heteroatoms. The molecule has 4 N–H and O–H groups in total. The lowest BCUT2D eigenvalue weighted by Gasteiger charge is -2.10. The molecule has 4 atom stereocenters. The standard InChI is InChI=1S/C6H12O5/c7-1-3-5(9)6(10)4(2-8)11-3/h3-10H,1-2H2/t3-,4?,5?,6-/m1/s1. The van der Waals surface area contributed by atoms with Crippen molar-refractivity contribution < 1.29 is 25.2 Å². The maximum absolute atomic E-state index is 9.11. The maximum Gasteiger partial charge on any atom is 0.111 e. The Hall–Kier alpha value is -0.200. The van der Waals surface area contributed by atoms with Crippen molar-refractivity contribution in [3.05, 3.63) is 0 Å². The Labute approximate surface area is 63.8 Å². The first kappa shape index (κ1) is 8.89. The molecule has 1 aliphatic heterocycles. The molecule has 1 aliphatic rings. The van der Waals surface area contributed by atoms with Gasteiger partial charge in [-0.1, -0.05) is 0 Å². The van der Waals surface area contributed by atoms with Gasteiger partial charge in [-0.15, -0.1) is 0 Å². The highest BCUT2D eigenvalue weighted by atomic mass is 16.6. The summed E-state index contributed by atoms with van der Waals surface area (Å²) >= 11 is 0. The molecule has 0 aliphatic carbocycles. The third-order valence-corrected chi connectivity index (χ3v) is 1.82. The molecule has 5 nitrogen and oxygen atoms in total. The Morgan fingerprint density at radius 3 is 1.45 bits per heavy atom. The summed E-state index contributed by atoms with van der Waals surface area (Å²) in [5.41, 5.74) is 0. The van der Waals surface area contributed by atoms with Crippen LogP contribution in [0.1, 0.15) is 0 Å². The van der Waals surface area contributed by atoms with E-state index in [-0.39, 0.29) is 13.2 Å². The van der Waals surface area contributed by atoms with Crippen LogP contribution in [0.4, 0.5) is 0 Å². The topological polar surface area (TPSA) is 90.2 Å². The zero-order chi connectivity index (χ0) is 8.43. The lowest BCUT2D eigenvalue weighted by molar-refractivity contribution is -0.0395. The minimum absolute atomic E-state index is 0.352. The van der Waals surface area contributed by atoms with Crippen LogP contribution in [0.3, 0.4) is 0 Å². The van der Waals surface area contributed by atoms with Gasteiger partial charge in [0.25, 0.3) is 0 Å². The van der Waals surface area contributed by atoms with Crippen molar-refractivity contribution in [2.24, 2.45) is 0 Å². The van der Waals surface area contributed by atoms with Gasteiger partial charge in [-0.25, -0.2) is 0 Å². The third kappa shape index (κ3) is 1.52. The van der Waals surface area contributed by atoms with Gasteiger partial charge in [0.15, 0.2) is 0 Å². The number of aliphatic hydroxyl groups excluding tert-OH is 4. The van der Waals surface area contributed by atoms with E-state index < -0.39 is 24.4 Å². The molecule has 0 amide bonds. The van der Waals surface area contributed by atoms with E-state index in [1.807, 2.05) is 0 Å².